The summed E-state index contributed by atoms with van der Waals surface area (Å²) in [7, 11) is -3.74. The molecule has 1 amide bonds. The Morgan fingerprint density at radius 2 is 1.83 bits per heavy atom. The van der Waals surface area contributed by atoms with Crippen molar-refractivity contribution in [1.29, 1.82) is 0 Å². The lowest BCUT2D eigenvalue weighted by Gasteiger charge is -2.18. The number of carbonyl (C=O) groups is 2. The highest BCUT2D eigenvalue weighted by atomic mass is 32.2. The Labute approximate surface area is 174 Å². The van der Waals surface area contributed by atoms with Crippen LogP contribution in [0.2, 0.25) is 0 Å². The number of rotatable bonds is 9. The van der Waals surface area contributed by atoms with Gasteiger partial charge in [0.15, 0.2) is 11.5 Å². The zero-order valence-electron chi connectivity index (χ0n) is 16.1. The summed E-state index contributed by atoms with van der Waals surface area (Å²) >= 11 is 0. The predicted molar refractivity (Wildman–Crippen MR) is 107 cm³/mol. The largest absolute Gasteiger partial charge is 0.486 e. The van der Waals surface area contributed by atoms with E-state index in [0.29, 0.717) is 35.8 Å². The second-order valence-corrected chi connectivity index (χ2v) is 8.30. The number of ether oxygens (including phenoxy) is 3. The number of fused-ring (bicyclic) bond motifs is 1. The number of primary amides is 1. The van der Waals surface area contributed by atoms with Crippen molar-refractivity contribution >= 4 is 21.9 Å². The van der Waals surface area contributed by atoms with Crippen LogP contribution in [-0.2, 0) is 26.2 Å². The Kier molecular flexibility index (Phi) is 6.91. The Morgan fingerprint density at radius 3 is 2.60 bits per heavy atom. The highest BCUT2D eigenvalue weighted by Gasteiger charge is 2.19. The summed E-state index contributed by atoms with van der Waals surface area (Å²) < 4.78 is 43.2. The number of hydrogen-bond donors (Lipinski definition) is 2. The van der Waals surface area contributed by atoms with Crippen LogP contribution in [0.3, 0.4) is 0 Å². The van der Waals surface area contributed by atoms with Crippen molar-refractivity contribution in [2.45, 2.75) is 24.3 Å². The van der Waals surface area contributed by atoms with Crippen molar-refractivity contribution in [2.75, 3.05) is 19.8 Å². The number of esters is 1. The zero-order chi connectivity index (χ0) is 21.6. The quantitative estimate of drug-likeness (QED) is 0.449. The van der Waals surface area contributed by atoms with Gasteiger partial charge in [-0.2, -0.15) is 0 Å². The maximum Gasteiger partial charge on any atom is 0.306 e. The fraction of sp³-hybridized carbons (Fsp3) is 0.300. The summed E-state index contributed by atoms with van der Waals surface area (Å²) in [6, 6.07) is 10.9. The summed E-state index contributed by atoms with van der Waals surface area (Å²) in [4.78, 5) is 23.1. The third-order valence-electron chi connectivity index (χ3n) is 4.29. The van der Waals surface area contributed by atoms with E-state index in [-0.39, 0.29) is 30.9 Å². The minimum Gasteiger partial charge on any atom is -0.486 e. The van der Waals surface area contributed by atoms with Crippen LogP contribution in [0.4, 0.5) is 0 Å². The maximum atomic E-state index is 12.4. The summed E-state index contributed by atoms with van der Waals surface area (Å²) in [5.74, 6) is -0.149. The Hall–Kier alpha value is -3.11. The Morgan fingerprint density at radius 1 is 1.07 bits per heavy atom. The van der Waals surface area contributed by atoms with Gasteiger partial charge in [0, 0.05) is 24.6 Å². The summed E-state index contributed by atoms with van der Waals surface area (Å²) in [6.45, 7) is 0.856. The van der Waals surface area contributed by atoms with Gasteiger partial charge in [-0.05, 0) is 36.2 Å². The SMILES string of the molecule is NC(=O)c1cccc(COC(=O)CCCNS(=O)(=O)c2ccc3c(c2)OCCO3)c1. The fourth-order valence-electron chi connectivity index (χ4n) is 2.76. The van der Waals surface area contributed by atoms with Crippen LogP contribution in [0.1, 0.15) is 28.8 Å². The van der Waals surface area contributed by atoms with Crippen molar-refractivity contribution in [3.05, 3.63) is 53.6 Å². The van der Waals surface area contributed by atoms with E-state index < -0.39 is 21.9 Å². The first-order valence-electron chi connectivity index (χ1n) is 9.29. The lowest BCUT2D eigenvalue weighted by Crippen LogP contribution is -2.25. The number of sulfonamides is 1. The molecule has 9 nitrogen and oxygen atoms in total. The molecule has 1 heterocycles. The number of benzene rings is 2. The van der Waals surface area contributed by atoms with E-state index in [1.807, 2.05) is 0 Å². The third kappa shape index (κ3) is 5.71. The van der Waals surface area contributed by atoms with Crippen molar-refractivity contribution in [3.8, 4) is 11.5 Å². The molecule has 160 valence electrons. The molecule has 0 bridgehead atoms. The second-order valence-electron chi connectivity index (χ2n) is 6.53. The Balaban J connectivity index is 1.43. The topological polar surface area (TPSA) is 134 Å². The number of amides is 1. The van der Waals surface area contributed by atoms with E-state index in [0.717, 1.165) is 0 Å². The molecule has 3 rings (SSSR count). The molecule has 0 unspecified atom stereocenters. The van der Waals surface area contributed by atoms with Gasteiger partial charge in [0.2, 0.25) is 15.9 Å². The molecule has 0 saturated carbocycles. The standard InChI is InChI=1S/C20H22N2O7S/c21-20(24)15-4-1-3-14(11-15)13-29-19(23)5-2-8-22-30(25,26)16-6-7-17-18(12-16)28-10-9-27-17/h1,3-4,6-7,11-12,22H,2,5,8-10,13H2,(H2,21,24). The van der Waals surface area contributed by atoms with Gasteiger partial charge in [-0.1, -0.05) is 12.1 Å². The minimum atomic E-state index is -3.74. The molecular formula is C20H22N2O7S. The average Bonchev–Trinajstić information content (AvgIpc) is 2.75. The van der Waals surface area contributed by atoms with E-state index in [1.165, 1.54) is 12.1 Å². The molecular weight excluding hydrogens is 412 g/mol. The first kappa shape index (κ1) is 21.6. The molecule has 30 heavy (non-hydrogen) atoms. The van der Waals surface area contributed by atoms with Crippen molar-refractivity contribution in [2.24, 2.45) is 5.73 Å². The lowest BCUT2D eigenvalue weighted by atomic mass is 10.1. The fourth-order valence-corrected chi connectivity index (χ4v) is 3.85. The van der Waals surface area contributed by atoms with E-state index >= 15 is 0 Å². The van der Waals surface area contributed by atoms with E-state index in [4.69, 9.17) is 19.9 Å². The lowest BCUT2D eigenvalue weighted by molar-refractivity contribution is -0.145. The van der Waals surface area contributed by atoms with Crippen molar-refractivity contribution in [3.63, 3.8) is 0 Å². The monoisotopic (exact) mass is 434 g/mol. The zero-order valence-corrected chi connectivity index (χ0v) is 16.9. The van der Waals surface area contributed by atoms with Gasteiger partial charge in [0.1, 0.15) is 19.8 Å². The van der Waals surface area contributed by atoms with Gasteiger partial charge < -0.3 is 19.9 Å². The van der Waals surface area contributed by atoms with Crippen LogP contribution >= 0.6 is 0 Å². The molecule has 2 aromatic rings. The molecule has 2 aromatic carbocycles. The second kappa shape index (κ2) is 9.59. The first-order chi connectivity index (χ1) is 14.3. The molecule has 0 aliphatic carbocycles. The summed E-state index contributed by atoms with van der Waals surface area (Å²) in [5, 5.41) is 0. The van der Waals surface area contributed by atoms with Crippen molar-refractivity contribution < 1.29 is 32.2 Å². The molecule has 3 N–H and O–H groups in total. The third-order valence-corrected chi connectivity index (χ3v) is 5.74. The number of hydrogen-bond acceptors (Lipinski definition) is 7. The van der Waals surface area contributed by atoms with Crippen LogP contribution in [0.5, 0.6) is 11.5 Å². The molecule has 1 aliphatic heterocycles. The van der Waals surface area contributed by atoms with Gasteiger partial charge in [0.25, 0.3) is 0 Å². The predicted octanol–water partition coefficient (Wildman–Crippen LogP) is 1.36. The van der Waals surface area contributed by atoms with Gasteiger partial charge in [-0.15, -0.1) is 0 Å². The van der Waals surface area contributed by atoms with Gasteiger partial charge >= 0.3 is 5.97 Å². The van der Waals surface area contributed by atoms with Gasteiger partial charge in [-0.3, -0.25) is 9.59 Å². The first-order valence-corrected chi connectivity index (χ1v) is 10.8. The maximum absolute atomic E-state index is 12.4. The molecule has 0 spiro atoms. The molecule has 0 radical (unpaired) electrons. The van der Waals surface area contributed by atoms with E-state index in [2.05, 4.69) is 4.72 Å². The minimum absolute atomic E-state index is 0.00285. The van der Waals surface area contributed by atoms with Crippen molar-refractivity contribution in [1.82, 2.24) is 4.72 Å². The smallest absolute Gasteiger partial charge is 0.306 e. The van der Waals surface area contributed by atoms with Crippen LogP contribution in [0, 0.1) is 0 Å². The number of nitrogens with one attached hydrogen (secondary N) is 1. The molecule has 10 heteroatoms. The molecule has 0 aromatic heterocycles. The van der Waals surface area contributed by atoms with Crippen LogP contribution in [0.15, 0.2) is 47.4 Å². The van der Waals surface area contributed by atoms with Crippen LogP contribution in [-0.4, -0.2) is 40.1 Å². The van der Waals surface area contributed by atoms with Crippen LogP contribution < -0.4 is 19.9 Å². The highest BCUT2D eigenvalue weighted by molar-refractivity contribution is 7.89. The van der Waals surface area contributed by atoms with Crippen LogP contribution in [0.25, 0.3) is 0 Å². The van der Waals surface area contributed by atoms with E-state index in [9.17, 15) is 18.0 Å². The number of carbonyl (C=O) groups excluding carboxylic acids is 2. The van der Waals surface area contributed by atoms with Gasteiger partial charge in [0.05, 0.1) is 4.90 Å². The van der Waals surface area contributed by atoms with E-state index in [1.54, 1.807) is 30.3 Å². The molecule has 0 fully saturated rings. The molecule has 0 saturated heterocycles. The molecule has 1 aliphatic rings. The number of nitrogens with two attached hydrogens (primary N) is 1. The summed E-state index contributed by atoms with van der Waals surface area (Å²) in [6.07, 6.45) is 0.309. The highest BCUT2D eigenvalue weighted by Crippen LogP contribution is 2.32. The molecule has 0 atom stereocenters. The van der Waals surface area contributed by atoms with Gasteiger partial charge in [-0.25, -0.2) is 13.1 Å². The summed E-state index contributed by atoms with van der Waals surface area (Å²) in [5.41, 5.74) is 6.18. The normalized spacial score (nSPS) is 12.9. The Bertz CT molecular complexity index is 1040. The average molecular weight is 434 g/mol.